The molecule has 2 saturated heterocycles. The molecule has 0 aromatic carbocycles. The third-order valence-corrected chi connectivity index (χ3v) is 10.5. The third kappa shape index (κ3) is 5.27. The van der Waals surface area contributed by atoms with Gasteiger partial charge in [0.15, 0.2) is 14.1 Å². The molecule has 4 atom stereocenters. The number of nitrogens with one attached hydrogen (secondary N) is 1. The molecule has 2 fully saturated rings. The predicted molar refractivity (Wildman–Crippen MR) is 114 cm³/mol. The van der Waals surface area contributed by atoms with Crippen molar-refractivity contribution in [2.75, 3.05) is 19.8 Å². The number of fused-ring (bicyclic) bond motifs is 1. The van der Waals surface area contributed by atoms with Crippen LogP contribution in [0.2, 0.25) is 18.1 Å². The summed E-state index contributed by atoms with van der Waals surface area (Å²) in [5.74, 6) is -0.847. The Kier molecular flexibility index (Phi) is 7.48. The average Bonchev–Trinajstić information content (AvgIpc) is 3.04. The zero-order valence-electron chi connectivity index (χ0n) is 19.7. The summed E-state index contributed by atoms with van der Waals surface area (Å²) < 4.78 is 28.9. The van der Waals surface area contributed by atoms with Gasteiger partial charge in [-0.05, 0) is 45.8 Å². The van der Waals surface area contributed by atoms with E-state index in [4.69, 9.17) is 23.4 Å². The Morgan fingerprint density at radius 1 is 1.07 bits per heavy atom. The molecule has 0 aromatic rings. The predicted octanol–water partition coefficient (Wildman–Crippen LogP) is 3.44. The fraction of sp³-hybridized carbons (Fsp3) is 0.900. The zero-order chi connectivity index (χ0) is 22.9. The van der Waals surface area contributed by atoms with Gasteiger partial charge in [0.25, 0.3) is 0 Å². The van der Waals surface area contributed by atoms with E-state index in [0.29, 0.717) is 0 Å². The number of hydrogen-bond donors (Lipinski definition) is 1. The fourth-order valence-corrected chi connectivity index (χ4v) is 4.48. The fourth-order valence-electron chi connectivity index (χ4n) is 3.46. The summed E-state index contributed by atoms with van der Waals surface area (Å²) in [6.07, 6.45) is -3.01. The number of carbonyl (C=O) groups is 2. The molecule has 0 aliphatic carbocycles. The Hall–Kier alpha value is -1.36. The second kappa shape index (κ2) is 9.02. The minimum absolute atomic E-state index is 0.00858. The summed E-state index contributed by atoms with van der Waals surface area (Å²) in [6, 6.07) is -0.475. The van der Waals surface area contributed by atoms with E-state index in [9.17, 15) is 9.59 Å². The van der Waals surface area contributed by atoms with Gasteiger partial charge in [-0.3, -0.25) is 10.2 Å². The van der Waals surface area contributed by atoms with E-state index in [2.05, 4.69) is 39.2 Å². The van der Waals surface area contributed by atoms with Gasteiger partial charge in [-0.25, -0.2) is 9.59 Å². The molecule has 0 unspecified atom stereocenters. The summed E-state index contributed by atoms with van der Waals surface area (Å²) in [5, 5.41) is 2.76. The summed E-state index contributed by atoms with van der Waals surface area (Å²) in [6.45, 7) is 18.5. The molecule has 0 bridgehead atoms. The highest BCUT2D eigenvalue weighted by atomic mass is 28.4. The molecule has 2 heterocycles. The number of rotatable bonds is 6. The molecule has 9 nitrogen and oxygen atoms in total. The number of likely N-dealkylation sites (tertiary alicyclic amines) is 1. The Labute approximate surface area is 180 Å². The van der Waals surface area contributed by atoms with Gasteiger partial charge in [0.1, 0.15) is 18.4 Å². The lowest BCUT2D eigenvalue weighted by Gasteiger charge is -2.39. The highest BCUT2D eigenvalue weighted by molar-refractivity contribution is 6.74. The normalized spacial score (nSPS) is 28.2. The second-order valence-electron chi connectivity index (χ2n) is 9.62. The maximum atomic E-state index is 12.9. The van der Waals surface area contributed by atoms with Crippen LogP contribution in [0.4, 0.5) is 9.59 Å². The minimum atomic E-state index is -2.09. The van der Waals surface area contributed by atoms with Crippen molar-refractivity contribution in [2.24, 2.45) is 0 Å². The maximum absolute atomic E-state index is 12.9. The van der Waals surface area contributed by atoms with E-state index in [0.717, 1.165) is 0 Å². The molecule has 0 radical (unpaired) electrons. The quantitative estimate of drug-likeness (QED) is 0.624. The maximum Gasteiger partial charge on any atom is 0.411 e. The van der Waals surface area contributed by atoms with Crippen molar-refractivity contribution in [2.45, 2.75) is 96.8 Å². The van der Waals surface area contributed by atoms with E-state index >= 15 is 0 Å². The first-order valence-corrected chi connectivity index (χ1v) is 13.5. The Morgan fingerprint density at radius 2 is 1.63 bits per heavy atom. The summed E-state index contributed by atoms with van der Waals surface area (Å²) in [5.41, 5.74) is 0. The van der Waals surface area contributed by atoms with Crippen molar-refractivity contribution in [3.8, 4) is 0 Å². The number of amides is 2. The van der Waals surface area contributed by atoms with Crippen molar-refractivity contribution in [1.82, 2.24) is 10.2 Å². The number of hydrogen-bond acceptors (Lipinski definition) is 7. The monoisotopic (exact) mass is 446 g/mol. The molecule has 0 aromatic heterocycles. The van der Waals surface area contributed by atoms with E-state index in [-0.39, 0.29) is 24.9 Å². The SMILES string of the molecule is CCOC(=O)N[C@@H]1[C@H]2OC(C)(C)O[C@H]2[C@@H](CO[Si](C)(C)C(C)(C)C)N1C(=O)OCC. The summed E-state index contributed by atoms with van der Waals surface area (Å²) in [7, 11) is -2.09. The molecule has 174 valence electrons. The van der Waals surface area contributed by atoms with Gasteiger partial charge in [-0.1, -0.05) is 20.8 Å². The lowest BCUT2D eigenvalue weighted by Crippen LogP contribution is -2.56. The topological polar surface area (TPSA) is 95.6 Å². The van der Waals surface area contributed by atoms with E-state index in [1.165, 1.54) is 4.90 Å². The van der Waals surface area contributed by atoms with Gasteiger partial charge >= 0.3 is 12.2 Å². The lowest BCUT2D eigenvalue weighted by molar-refractivity contribution is -0.168. The molecule has 10 heteroatoms. The van der Waals surface area contributed by atoms with Gasteiger partial charge < -0.3 is 23.4 Å². The highest BCUT2D eigenvalue weighted by Gasteiger charge is 2.60. The van der Waals surface area contributed by atoms with Crippen molar-refractivity contribution in [1.29, 1.82) is 0 Å². The molecule has 0 saturated carbocycles. The van der Waals surface area contributed by atoms with Crippen LogP contribution in [0.1, 0.15) is 48.5 Å². The largest absolute Gasteiger partial charge is 0.450 e. The first-order chi connectivity index (χ1) is 13.7. The number of alkyl carbamates (subject to hydrolysis) is 1. The number of nitrogens with zero attached hydrogens (tertiary/aromatic N) is 1. The van der Waals surface area contributed by atoms with Crippen LogP contribution in [0.25, 0.3) is 0 Å². The molecule has 2 aliphatic heterocycles. The van der Waals surface area contributed by atoms with Crippen LogP contribution >= 0.6 is 0 Å². The van der Waals surface area contributed by atoms with Gasteiger partial charge in [-0.15, -0.1) is 0 Å². The molecule has 1 N–H and O–H groups in total. The van der Waals surface area contributed by atoms with Crippen molar-refractivity contribution >= 4 is 20.5 Å². The molecule has 2 rings (SSSR count). The van der Waals surface area contributed by atoms with Crippen LogP contribution < -0.4 is 5.32 Å². The molecular weight excluding hydrogens is 408 g/mol. The van der Waals surface area contributed by atoms with Gasteiger partial charge in [-0.2, -0.15) is 0 Å². The second-order valence-corrected chi connectivity index (χ2v) is 14.4. The summed E-state index contributed by atoms with van der Waals surface area (Å²) >= 11 is 0. The van der Waals surface area contributed by atoms with Crippen LogP contribution in [0, 0.1) is 0 Å². The zero-order valence-corrected chi connectivity index (χ0v) is 20.7. The van der Waals surface area contributed by atoms with Gasteiger partial charge in [0, 0.05) is 0 Å². The standard InChI is InChI=1S/C20H38N2O7Si/c1-10-25-17(23)21-16-15-14(28-20(6,7)29-15)13(22(16)18(24)26-11-2)12-27-30(8,9)19(3,4)5/h13-16H,10-12H2,1-9H3,(H,21,23)/t13-,14+,15+,16+/m1/s1. The van der Waals surface area contributed by atoms with E-state index in [1.807, 2.05) is 13.8 Å². The first-order valence-electron chi connectivity index (χ1n) is 10.6. The van der Waals surface area contributed by atoms with Crippen LogP contribution in [0.3, 0.4) is 0 Å². The van der Waals surface area contributed by atoms with E-state index in [1.54, 1.807) is 13.8 Å². The molecule has 30 heavy (non-hydrogen) atoms. The van der Waals surface area contributed by atoms with Crippen molar-refractivity contribution in [3.63, 3.8) is 0 Å². The average molecular weight is 447 g/mol. The highest BCUT2D eigenvalue weighted by Crippen LogP contribution is 2.42. The Morgan fingerprint density at radius 3 is 2.17 bits per heavy atom. The van der Waals surface area contributed by atoms with Crippen molar-refractivity contribution in [3.05, 3.63) is 0 Å². The number of ether oxygens (including phenoxy) is 4. The molecule has 0 spiro atoms. The van der Waals surface area contributed by atoms with E-state index < -0.39 is 50.7 Å². The van der Waals surface area contributed by atoms with Crippen LogP contribution in [-0.2, 0) is 23.4 Å². The molecule has 2 amide bonds. The Balaban J connectivity index is 2.34. The number of carbonyl (C=O) groups excluding carboxylic acids is 2. The molecular formula is C20H38N2O7Si. The lowest BCUT2D eigenvalue weighted by atomic mass is 10.1. The smallest absolute Gasteiger partial charge is 0.411 e. The minimum Gasteiger partial charge on any atom is -0.450 e. The van der Waals surface area contributed by atoms with Crippen LogP contribution in [0.5, 0.6) is 0 Å². The van der Waals surface area contributed by atoms with Gasteiger partial charge in [0.05, 0.1) is 25.9 Å². The summed E-state index contributed by atoms with van der Waals surface area (Å²) in [4.78, 5) is 26.5. The van der Waals surface area contributed by atoms with Crippen LogP contribution in [-0.4, -0.2) is 75.4 Å². The first kappa shape index (κ1) is 24.9. The molecule has 2 aliphatic rings. The van der Waals surface area contributed by atoms with Gasteiger partial charge in [0.2, 0.25) is 0 Å². The van der Waals surface area contributed by atoms with Crippen LogP contribution in [0.15, 0.2) is 0 Å². The Bertz CT molecular complexity index is 635. The third-order valence-electron chi connectivity index (χ3n) is 5.95. The van der Waals surface area contributed by atoms with Crippen molar-refractivity contribution < 1.29 is 33.0 Å².